The largest absolute Gasteiger partial charge is 0.353 e. The van der Waals surface area contributed by atoms with Crippen LogP contribution >= 0.6 is 0 Å². The standard InChI is InChI=1S/C19H20N6O2/c1-2-3-6-14-8-10-15(11-9-14)23-18-17(25(26)27)19(22-13-21-18)24-16-7-4-5-12-20-16/h4-5,7-13H,2-3,6H2,1H3,(H2,20,21,22,23,24). The molecule has 0 spiro atoms. The zero-order valence-electron chi connectivity index (χ0n) is 14.9. The maximum absolute atomic E-state index is 11.6. The van der Waals surface area contributed by atoms with Crippen LogP contribution in [0.15, 0.2) is 55.0 Å². The molecule has 3 aromatic rings. The first-order valence-electron chi connectivity index (χ1n) is 8.70. The molecule has 8 nitrogen and oxygen atoms in total. The molecule has 0 bridgehead atoms. The SMILES string of the molecule is CCCCc1ccc(Nc2ncnc(Nc3ccccn3)c2[N+](=O)[O-])cc1. The van der Waals surface area contributed by atoms with E-state index in [1.165, 1.54) is 11.9 Å². The molecule has 0 fully saturated rings. The smallest absolute Gasteiger partial charge is 0.334 e. The summed E-state index contributed by atoms with van der Waals surface area (Å²) in [5, 5.41) is 17.5. The number of benzene rings is 1. The van der Waals surface area contributed by atoms with Crippen LogP contribution in [0.5, 0.6) is 0 Å². The van der Waals surface area contributed by atoms with Crippen LogP contribution in [0.1, 0.15) is 25.3 Å². The first-order valence-corrected chi connectivity index (χ1v) is 8.70. The van der Waals surface area contributed by atoms with Gasteiger partial charge in [0.05, 0.1) is 4.92 Å². The number of unbranched alkanes of at least 4 members (excludes halogenated alkanes) is 1. The summed E-state index contributed by atoms with van der Waals surface area (Å²) in [5.41, 5.74) is 1.72. The molecule has 138 valence electrons. The number of aromatic nitrogens is 3. The van der Waals surface area contributed by atoms with Crippen molar-refractivity contribution in [2.75, 3.05) is 10.6 Å². The van der Waals surface area contributed by atoms with Crippen molar-refractivity contribution in [2.45, 2.75) is 26.2 Å². The van der Waals surface area contributed by atoms with E-state index in [-0.39, 0.29) is 17.3 Å². The number of anilines is 4. The minimum absolute atomic E-state index is 0.0794. The second-order valence-corrected chi connectivity index (χ2v) is 5.94. The van der Waals surface area contributed by atoms with E-state index in [2.05, 4.69) is 32.5 Å². The fourth-order valence-electron chi connectivity index (χ4n) is 2.57. The van der Waals surface area contributed by atoms with Crippen LogP contribution in [0.2, 0.25) is 0 Å². The van der Waals surface area contributed by atoms with Crippen molar-refractivity contribution < 1.29 is 4.92 Å². The summed E-state index contributed by atoms with van der Waals surface area (Å²) in [7, 11) is 0. The molecule has 0 aliphatic rings. The van der Waals surface area contributed by atoms with Gasteiger partial charge in [0, 0.05) is 11.9 Å². The predicted octanol–water partition coefficient (Wildman–Crippen LogP) is 4.61. The lowest BCUT2D eigenvalue weighted by atomic mass is 10.1. The third kappa shape index (κ3) is 4.75. The first-order chi connectivity index (χ1) is 13.2. The van der Waals surface area contributed by atoms with Crippen molar-refractivity contribution in [3.63, 3.8) is 0 Å². The van der Waals surface area contributed by atoms with E-state index in [0.29, 0.717) is 5.82 Å². The average molecular weight is 364 g/mol. The molecule has 2 N–H and O–H groups in total. The molecule has 27 heavy (non-hydrogen) atoms. The second kappa shape index (κ2) is 8.70. The Balaban J connectivity index is 1.84. The topological polar surface area (TPSA) is 106 Å². The maximum Gasteiger partial charge on any atom is 0.353 e. The fraction of sp³-hybridized carbons (Fsp3) is 0.211. The Morgan fingerprint density at radius 2 is 1.74 bits per heavy atom. The molecule has 1 aromatic carbocycles. The molecule has 0 atom stereocenters. The summed E-state index contributed by atoms with van der Waals surface area (Å²) in [4.78, 5) is 23.3. The van der Waals surface area contributed by atoms with Crippen molar-refractivity contribution >= 4 is 28.8 Å². The molecule has 0 saturated heterocycles. The van der Waals surface area contributed by atoms with E-state index in [1.807, 2.05) is 24.3 Å². The summed E-state index contributed by atoms with van der Waals surface area (Å²) in [6.45, 7) is 2.15. The number of hydrogen-bond donors (Lipinski definition) is 2. The lowest BCUT2D eigenvalue weighted by Gasteiger charge is -2.10. The quantitative estimate of drug-likeness (QED) is 0.444. The lowest BCUT2D eigenvalue weighted by Crippen LogP contribution is -2.06. The maximum atomic E-state index is 11.6. The minimum Gasteiger partial charge on any atom is -0.334 e. The van der Waals surface area contributed by atoms with E-state index in [1.54, 1.807) is 24.4 Å². The Labute approximate surface area is 156 Å². The number of nitrogens with zero attached hydrogens (tertiary/aromatic N) is 4. The van der Waals surface area contributed by atoms with Crippen molar-refractivity contribution in [2.24, 2.45) is 0 Å². The second-order valence-electron chi connectivity index (χ2n) is 5.94. The van der Waals surface area contributed by atoms with Gasteiger partial charge in [-0.25, -0.2) is 15.0 Å². The highest BCUT2D eigenvalue weighted by molar-refractivity contribution is 5.76. The van der Waals surface area contributed by atoms with Crippen molar-refractivity contribution in [3.05, 3.63) is 70.7 Å². The molecule has 2 heterocycles. The number of pyridine rings is 1. The molecule has 0 saturated carbocycles. The summed E-state index contributed by atoms with van der Waals surface area (Å²) in [6.07, 6.45) is 6.15. The molecular weight excluding hydrogens is 344 g/mol. The third-order valence-electron chi connectivity index (χ3n) is 3.95. The number of nitro groups is 1. The number of hydrogen-bond acceptors (Lipinski definition) is 7. The molecule has 3 rings (SSSR count). The Kier molecular flexibility index (Phi) is 5.88. The van der Waals surface area contributed by atoms with E-state index in [9.17, 15) is 10.1 Å². The summed E-state index contributed by atoms with van der Waals surface area (Å²) in [6, 6.07) is 13.0. The summed E-state index contributed by atoms with van der Waals surface area (Å²) >= 11 is 0. The number of nitrogens with one attached hydrogen (secondary N) is 2. The molecule has 0 aliphatic heterocycles. The van der Waals surface area contributed by atoms with Gasteiger partial charge in [0.25, 0.3) is 0 Å². The highest BCUT2D eigenvalue weighted by Crippen LogP contribution is 2.32. The van der Waals surface area contributed by atoms with Gasteiger partial charge < -0.3 is 10.6 Å². The number of rotatable bonds is 8. The molecule has 0 radical (unpaired) electrons. The van der Waals surface area contributed by atoms with Gasteiger partial charge in [-0.3, -0.25) is 10.1 Å². The lowest BCUT2D eigenvalue weighted by molar-refractivity contribution is -0.383. The molecule has 0 aliphatic carbocycles. The van der Waals surface area contributed by atoms with Gasteiger partial charge in [0.15, 0.2) is 0 Å². The molecule has 0 amide bonds. The van der Waals surface area contributed by atoms with E-state index >= 15 is 0 Å². The number of aryl methyl sites for hydroxylation is 1. The van der Waals surface area contributed by atoms with Crippen molar-refractivity contribution in [3.8, 4) is 0 Å². The van der Waals surface area contributed by atoms with Gasteiger partial charge in [-0.15, -0.1) is 0 Å². The zero-order valence-corrected chi connectivity index (χ0v) is 14.9. The Bertz CT molecular complexity index is 900. The van der Waals surface area contributed by atoms with Gasteiger partial charge in [0.2, 0.25) is 11.6 Å². The van der Waals surface area contributed by atoms with Crippen LogP contribution in [-0.4, -0.2) is 19.9 Å². The van der Waals surface area contributed by atoms with Gasteiger partial charge >= 0.3 is 5.69 Å². The summed E-state index contributed by atoms with van der Waals surface area (Å²) in [5.74, 6) is 0.663. The highest BCUT2D eigenvalue weighted by Gasteiger charge is 2.23. The van der Waals surface area contributed by atoms with Crippen LogP contribution in [0, 0.1) is 10.1 Å². The normalized spacial score (nSPS) is 10.4. The van der Waals surface area contributed by atoms with Crippen LogP contribution < -0.4 is 10.6 Å². The molecule has 2 aromatic heterocycles. The Morgan fingerprint density at radius 3 is 2.37 bits per heavy atom. The van der Waals surface area contributed by atoms with E-state index < -0.39 is 4.92 Å². The van der Waals surface area contributed by atoms with Crippen LogP contribution in [0.4, 0.5) is 28.8 Å². The molecular formula is C19H20N6O2. The predicted molar refractivity (Wildman–Crippen MR) is 105 cm³/mol. The van der Waals surface area contributed by atoms with Gasteiger partial charge in [-0.1, -0.05) is 31.5 Å². The van der Waals surface area contributed by atoms with Crippen LogP contribution in [-0.2, 0) is 6.42 Å². The van der Waals surface area contributed by atoms with Crippen LogP contribution in [0.3, 0.4) is 0 Å². The zero-order chi connectivity index (χ0) is 19.1. The Morgan fingerprint density at radius 1 is 1.00 bits per heavy atom. The van der Waals surface area contributed by atoms with E-state index in [0.717, 1.165) is 24.9 Å². The summed E-state index contributed by atoms with van der Waals surface area (Å²) < 4.78 is 0. The van der Waals surface area contributed by atoms with E-state index in [4.69, 9.17) is 0 Å². The minimum atomic E-state index is -0.511. The highest BCUT2D eigenvalue weighted by atomic mass is 16.6. The van der Waals surface area contributed by atoms with Gasteiger partial charge in [0.1, 0.15) is 12.1 Å². The average Bonchev–Trinajstić information content (AvgIpc) is 2.68. The van der Waals surface area contributed by atoms with Gasteiger partial charge in [-0.05, 0) is 42.7 Å². The molecule has 0 unspecified atom stereocenters. The van der Waals surface area contributed by atoms with Gasteiger partial charge in [-0.2, -0.15) is 0 Å². The Hall–Kier alpha value is -3.55. The van der Waals surface area contributed by atoms with Crippen LogP contribution in [0.25, 0.3) is 0 Å². The fourth-order valence-corrected chi connectivity index (χ4v) is 2.57. The van der Waals surface area contributed by atoms with Crippen molar-refractivity contribution in [1.29, 1.82) is 0 Å². The monoisotopic (exact) mass is 364 g/mol. The van der Waals surface area contributed by atoms with Crippen molar-refractivity contribution in [1.82, 2.24) is 15.0 Å². The first kappa shape index (κ1) is 18.2. The third-order valence-corrected chi connectivity index (χ3v) is 3.95. The molecule has 8 heteroatoms.